The van der Waals surface area contributed by atoms with E-state index in [1.807, 2.05) is 32.9 Å². The fourth-order valence-electron chi connectivity index (χ4n) is 2.87. The summed E-state index contributed by atoms with van der Waals surface area (Å²) in [5.41, 5.74) is 4.35. The van der Waals surface area contributed by atoms with Crippen LogP contribution in [0.1, 0.15) is 16.7 Å². The van der Waals surface area contributed by atoms with Crippen molar-refractivity contribution in [2.24, 2.45) is 14.1 Å². The number of fused-ring (bicyclic) bond motifs is 1. The van der Waals surface area contributed by atoms with Gasteiger partial charge < -0.3 is 5.32 Å². The van der Waals surface area contributed by atoms with Crippen molar-refractivity contribution in [2.45, 2.75) is 20.8 Å². The van der Waals surface area contributed by atoms with Crippen LogP contribution in [-0.4, -0.2) is 14.1 Å². The zero-order valence-electron chi connectivity index (χ0n) is 14.5. The van der Waals surface area contributed by atoms with Crippen LogP contribution in [0.25, 0.3) is 11.0 Å². The molecule has 3 rings (SSSR count). The summed E-state index contributed by atoms with van der Waals surface area (Å²) in [4.78, 5) is 29.1. The highest BCUT2D eigenvalue weighted by atomic mass is 16.2. The zero-order valence-corrected chi connectivity index (χ0v) is 14.5. The Hall–Kier alpha value is -2.89. The van der Waals surface area contributed by atoms with E-state index in [-0.39, 0.29) is 11.2 Å². The van der Waals surface area contributed by atoms with Gasteiger partial charge >= 0.3 is 5.69 Å². The maximum Gasteiger partial charge on any atom is 0.332 e. The van der Waals surface area contributed by atoms with E-state index in [9.17, 15) is 9.59 Å². The van der Waals surface area contributed by atoms with Crippen molar-refractivity contribution in [3.8, 4) is 0 Å². The Morgan fingerprint density at radius 2 is 1.71 bits per heavy atom. The van der Waals surface area contributed by atoms with E-state index in [1.54, 1.807) is 13.2 Å². The Labute approximate surface area is 139 Å². The molecule has 0 aliphatic heterocycles. The van der Waals surface area contributed by atoms with Crippen LogP contribution >= 0.6 is 0 Å². The number of aryl methyl sites for hydroxylation is 4. The van der Waals surface area contributed by atoms with E-state index >= 15 is 0 Å². The number of nitrogens with one attached hydrogen (secondary N) is 1. The molecule has 0 saturated heterocycles. The summed E-state index contributed by atoms with van der Waals surface area (Å²) >= 11 is 0. The van der Waals surface area contributed by atoms with Crippen LogP contribution in [0.3, 0.4) is 0 Å². The van der Waals surface area contributed by atoms with Crippen LogP contribution in [0.2, 0.25) is 0 Å². The summed E-state index contributed by atoms with van der Waals surface area (Å²) in [6, 6.07) is 6.08. The first-order chi connectivity index (χ1) is 11.3. The van der Waals surface area contributed by atoms with Gasteiger partial charge in [0.1, 0.15) is 5.39 Å². The fourth-order valence-corrected chi connectivity index (χ4v) is 2.87. The predicted octanol–water partition coefficient (Wildman–Crippen LogP) is 2.30. The van der Waals surface area contributed by atoms with Gasteiger partial charge in [-0.25, -0.2) is 9.78 Å². The lowest BCUT2D eigenvalue weighted by Gasteiger charge is -2.16. The van der Waals surface area contributed by atoms with Crippen molar-refractivity contribution < 1.29 is 0 Å². The van der Waals surface area contributed by atoms with Gasteiger partial charge in [-0.1, -0.05) is 17.7 Å². The lowest BCUT2D eigenvalue weighted by molar-refractivity contribution is 0.707. The van der Waals surface area contributed by atoms with E-state index in [0.29, 0.717) is 16.7 Å². The van der Waals surface area contributed by atoms with Gasteiger partial charge in [-0.05, 0) is 38.0 Å². The summed E-state index contributed by atoms with van der Waals surface area (Å²) in [5, 5.41) is 3.77. The fraction of sp³-hybridized carbons (Fsp3) is 0.278. The first-order valence-electron chi connectivity index (χ1n) is 7.71. The van der Waals surface area contributed by atoms with Crippen LogP contribution in [-0.2, 0) is 14.1 Å². The van der Waals surface area contributed by atoms with Crippen molar-refractivity contribution in [1.29, 1.82) is 0 Å². The highest BCUT2D eigenvalue weighted by Crippen LogP contribution is 2.27. The first kappa shape index (κ1) is 16.0. The van der Waals surface area contributed by atoms with Gasteiger partial charge in [0.25, 0.3) is 5.56 Å². The van der Waals surface area contributed by atoms with Crippen molar-refractivity contribution in [3.05, 3.63) is 61.9 Å². The Morgan fingerprint density at radius 3 is 2.38 bits per heavy atom. The van der Waals surface area contributed by atoms with Gasteiger partial charge in [0.05, 0.1) is 5.69 Å². The van der Waals surface area contributed by atoms with Crippen molar-refractivity contribution in [1.82, 2.24) is 14.1 Å². The van der Waals surface area contributed by atoms with Crippen LogP contribution in [0.15, 0.2) is 34.0 Å². The van der Waals surface area contributed by atoms with Gasteiger partial charge in [-0.15, -0.1) is 0 Å². The molecule has 0 spiro atoms. The van der Waals surface area contributed by atoms with E-state index in [1.165, 1.54) is 17.2 Å². The van der Waals surface area contributed by atoms with Gasteiger partial charge in [-0.3, -0.25) is 13.9 Å². The van der Waals surface area contributed by atoms with E-state index in [0.717, 1.165) is 21.4 Å². The van der Waals surface area contributed by atoms with E-state index in [2.05, 4.69) is 16.4 Å². The molecule has 0 aliphatic carbocycles. The van der Waals surface area contributed by atoms with Crippen molar-refractivity contribution in [2.75, 3.05) is 5.32 Å². The number of anilines is 2. The minimum Gasteiger partial charge on any atom is -0.354 e. The summed E-state index contributed by atoms with van der Waals surface area (Å²) < 4.78 is 2.50. The molecule has 0 unspecified atom stereocenters. The standard InChI is InChI=1S/C18H20N4O2/c1-10-6-7-13(11(2)8-10)20-15-12(3)9-19-16-14(15)17(23)22(5)18(24)21(16)4/h6-9H,1-5H3,(H,19,20). The average molecular weight is 324 g/mol. The first-order valence-corrected chi connectivity index (χ1v) is 7.71. The Kier molecular flexibility index (Phi) is 3.75. The van der Waals surface area contributed by atoms with Gasteiger partial charge in [0.15, 0.2) is 5.65 Å². The third-order valence-corrected chi connectivity index (χ3v) is 4.30. The van der Waals surface area contributed by atoms with Crippen molar-refractivity contribution in [3.63, 3.8) is 0 Å². The maximum absolute atomic E-state index is 12.7. The van der Waals surface area contributed by atoms with Crippen LogP contribution < -0.4 is 16.6 Å². The molecular formula is C18H20N4O2. The van der Waals surface area contributed by atoms with Crippen LogP contribution in [0, 0.1) is 20.8 Å². The average Bonchev–Trinajstić information content (AvgIpc) is 2.54. The number of hydrogen-bond acceptors (Lipinski definition) is 4. The smallest absolute Gasteiger partial charge is 0.332 e. The quantitative estimate of drug-likeness (QED) is 0.785. The Bertz CT molecular complexity index is 1080. The topological polar surface area (TPSA) is 68.9 Å². The second-order valence-corrected chi connectivity index (χ2v) is 6.16. The van der Waals surface area contributed by atoms with Gasteiger partial charge in [-0.2, -0.15) is 0 Å². The minimum absolute atomic E-state index is 0.350. The SMILES string of the molecule is Cc1ccc(Nc2c(C)cnc3c2c(=O)n(C)c(=O)n3C)c(C)c1. The molecule has 2 aromatic heterocycles. The molecule has 2 heterocycles. The third kappa shape index (κ3) is 2.40. The molecule has 0 atom stereocenters. The monoisotopic (exact) mass is 324 g/mol. The van der Waals surface area contributed by atoms with Crippen LogP contribution in [0.5, 0.6) is 0 Å². The molecule has 0 amide bonds. The number of benzene rings is 1. The zero-order chi connectivity index (χ0) is 17.6. The molecule has 0 radical (unpaired) electrons. The molecule has 6 heteroatoms. The van der Waals surface area contributed by atoms with Gasteiger partial charge in [0, 0.05) is 26.0 Å². The molecule has 24 heavy (non-hydrogen) atoms. The summed E-state index contributed by atoms with van der Waals surface area (Å²) in [5.74, 6) is 0. The largest absolute Gasteiger partial charge is 0.354 e. The predicted molar refractivity (Wildman–Crippen MR) is 96.2 cm³/mol. The second kappa shape index (κ2) is 5.63. The second-order valence-electron chi connectivity index (χ2n) is 6.16. The molecule has 0 fully saturated rings. The Morgan fingerprint density at radius 1 is 1.00 bits per heavy atom. The number of aromatic nitrogens is 3. The lowest BCUT2D eigenvalue weighted by Crippen LogP contribution is -2.37. The molecule has 6 nitrogen and oxygen atoms in total. The van der Waals surface area contributed by atoms with Crippen molar-refractivity contribution >= 4 is 22.4 Å². The minimum atomic E-state index is -0.388. The highest BCUT2D eigenvalue weighted by molar-refractivity contribution is 5.92. The van der Waals surface area contributed by atoms with E-state index in [4.69, 9.17) is 0 Å². The maximum atomic E-state index is 12.7. The normalized spacial score (nSPS) is 11.0. The highest BCUT2D eigenvalue weighted by Gasteiger charge is 2.16. The van der Waals surface area contributed by atoms with E-state index < -0.39 is 0 Å². The number of rotatable bonds is 2. The van der Waals surface area contributed by atoms with Crippen LogP contribution in [0.4, 0.5) is 11.4 Å². The summed E-state index contributed by atoms with van der Waals surface area (Å²) in [6.07, 6.45) is 1.67. The lowest BCUT2D eigenvalue weighted by atomic mass is 10.1. The molecule has 0 aliphatic rings. The third-order valence-electron chi connectivity index (χ3n) is 4.30. The number of nitrogens with zero attached hydrogens (tertiary/aromatic N) is 3. The molecule has 124 valence electrons. The molecule has 0 bridgehead atoms. The summed E-state index contributed by atoms with van der Waals surface area (Å²) in [7, 11) is 3.10. The Balaban J connectivity index is 2.34. The van der Waals surface area contributed by atoms with Gasteiger partial charge in [0.2, 0.25) is 0 Å². The number of hydrogen-bond donors (Lipinski definition) is 1. The molecular weight excluding hydrogens is 304 g/mol. The molecule has 1 aromatic carbocycles. The summed E-state index contributed by atoms with van der Waals surface area (Å²) in [6.45, 7) is 5.94. The molecule has 1 N–H and O–H groups in total. The molecule has 0 saturated carbocycles. The number of pyridine rings is 1. The molecule has 3 aromatic rings.